The van der Waals surface area contributed by atoms with E-state index >= 15 is 0 Å². The number of rotatable bonds is 2. The molecule has 1 fully saturated rings. The normalized spacial score (nSPS) is 31.9. The molecule has 1 saturated heterocycles. The van der Waals surface area contributed by atoms with Crippen LogP contribution < -0.4 is 5.32 Å². The van der Waals surface area contributed by atoms with Crippen molar-refractivity contribution in [2.75, 3.05) is 11.5 Å². The molecule has 2 heterocycles. The zero-order valence-electron chi connectivity index (χ0n) is 10.6. The monoisotopic (exact) mass is 264 g/mol. The molecule has 4 heteroatoms. The van der Waals surface area contributed by atoms with E-state index in [1.165, 1.54) is 24.1 Å². The number of nitrogens with one attached hydrogen (secondary N) is 1. The lowest BCUT2D eigenvalue weighted by Gasteiger charge is -2.31. The maximum atomic E-state index is 11.4. The van der Waals surface area contributed by atoms with Crippen molar-refractivity contribution in [2.45, 2.75) is 44.2 Å². The average molecular weight is 264 g/mol. The van der Waals surface area contributed by atoms with Crippen molar-refractivity contribution in [3.8, 4) is 0 Å². The van der Waals surface area contributed by atoms with Gasteiger partial charge in [0.25, 0.3) is 0 Å². The second kappa shape index (κ2) is 5.49. The summed E-state index contributed by atoms with van der Waals surface area (Å²) in [6, 6.07) is 5.17. The van der Waals surface area contributed by atoms with Crippen LogP contribution in [0.15, 0.2) is 18.3 Å². The van der Waals surface area contributed by atoms with Gasteiger partial charge in [-0.1, -0.05) is 6.07 Å². The molecular formula is C14H20N2OS. The first-order chi connectivity index (χ1) is 8.83. The number of hydrogen-bond acceptors (Lipinski definition) is 3. The summed E-state index contributed by atoms with van der Waals surface area (Å²) in [6.07, 6.45) is 7.58. The second-order valence-corrected chi connectivity index (χ2v) is 6.98. The Bertz CT molecular complexity index is 439. The van der Waals surface area contributed by atoms with E-state index in [0.29, 0.717) is 12.1 Å². The number of aryl methyl sites for hydroxylation is 1. The van der Waals surface area contributed by atoms with Gasteiger partial charge in [0.2, 0.25) is 0 Å². The first-order valence-electron chi connectivity index (χ1n) is 6.88. The van der Waals surface area contributed by atoms with Crippen LogP contribution in [-0.2, 0) is 17.2 Å². The molecule has 1 N–H and O–H groups in total. The number of hydrogen-bond donors (Lipinski definition) is 1. The van der Waals surface area contributed by atoms with Crippen LogP contribution in [0.1, 0.15) is 43.0 Å². The maximum Gasteiger partial charge on any atom is 0.0605 e. The molecule has 0 spiro atoms. The fourth-order valence-electron chi connectivity index (χ4n) is 3.02. The summed E-state index contributed by atoms with van der Waals surface area (Å²) in [6.45, 7) is 0. The quantitative estimate of drug-likeness (QED) is 0.888. The molecular weight excluding hydrogens is 244 g/mol. The lowest BCUT2D eigenvalue weighted by molar-refractivity contribution is 0.370. The summed E-state index contributed by atoms with van der Waals surface area (Å²) in [5.41, 5.74) is 2.65. The minimum absolute atomic E-state index is 0.409. The minimum Gasteiger partial charge on any atom is -0.306 e. The van der Waals surface area contributed by atoms with Crippen molar-refractivity contribution in [1.82, 2.24) is 10.3 Å². The molecule has 0 saturated carbocycles. The fraction of sp³-hybridized carbons (Fsp3) is 0.643. The van der Waals surface area contributed by atoms with Crippen LogP contribution >= 0.6 is 0 Å². The molecule has 1 aliphatic carbocycles. The van der Waals surface area contributed by atoms with Crippen LogP contribution in [0.25, 0.3) is 0 Å². The summed E-state index contributed by atoms with van der Waals surface area (Å²) >= 11 is 0. The third kappa shape index (κ3) is 2.64. The Morgan fingerprint density at radius 3 is 2.94 bits per heavy atom. The third-order valence-electron chi connectivity index (χ3n) is 4.02. The summed E-state index contributed by atoms with van der Waals surface area (Å²) in [7, 11) is -0.568. The van der Waals surface area contributed by atoms with Crippen molar-refractivity contribution in [2.24, 2.45) is 0 Å². The van der Waals surface area contributed by atoms with Crippen molar-refractivity contribution >= 4 is 10.8 Å². The van der Waals surface area contributed by atoms with Gasteiger partial charge in [-0.2, -0.15) is 0 Å². The summed E-state index contributed by atoms with van der Waals surface area (Å²) in [4.78, 5) is 4.56. The van der Waals surface area contributed by atoms with Gasteiger partial charge in [-0.25, -0.2) is 0 Å². The summed E-state index contributed by atoms with van der Waals surface area (Å²) < 4.78 is 11.4. The molecule has 1 aromatic rings. The standard InChI is InChI=1S/C14H20N2OS/c17-18-9-6-12(7-10-18)16-13-5-1-3-11-4-2-8-15-14(11)13/h2,4,8,12-13,16H,1,3,5-7,9-10H2. The van der Waals surface area contributed by atoms with Gasteiger partial charge in [0.1, 0.15) is 0 Å². The lowest BCUT2D eigenvalue weighted by Crippen LogP contribution is -2.39. The van der Waals surface area contributed by atoms with E-state index in [0.717, 1.165) is 30.8 Å². The predicted molar refractivity (Wildman–Crippen MR) is 74.0 cm³/mol. The highest BCUT2D eigenvalue weighted by Gasteiger charge is 2.25. The number of aromatic nitrogens is 1. The second-order valence-electron chi connectivity index (χ2n) is 5.28. The number of pyridine rings is 1. The molecule has 18 heavy (non-hydrogen) atoms. The topological polar surface area (TPSA) is 42.0 Å². The van der Waals surface area contributed by atoms with Crippen LogP contribution in [0.4, 0.5) is 0 Å². The molecule has 98 valence electrons. The summed E-state index contributed by atoms with van der Waals surface area (Å²) in [5.74, 6) is 1.72. The van der Waals surface area contributed by atoms with E-state index in [2.05, 4.69) is 16.4 Å². The van der Waals surface area contributed by atoms with Crippen LogP contribution in [0.2, 0.25) is 0 Å². The van der Waals surface area contributed by atoms with Crippen molar-refractivity contribution in [1.29, 1.82) is 0 Å². The Labute approximate surface area is 111 Å². The highest BCUT2D eigenvalue weighted by molar-refractivity contribution is 7.85. The molecule has 0 amide bonds. The Kier molecular flexibility index (Phi) is 3.75. The molecule has 0 bridgehead atoms. The molecule has 3 nitrogen and oxygen atoms in total. The largest absolute Gasteiger partial charge is 0.306 e. The summed E-state index contributed by atoms with van der Waals surface area (Å²) in [5, 5.41) is 3.74. The lowest BCUT2D eigenvalue weighted by atomic mass is 9.91. The number of fused-ring (bicyclic) bond motifs is 1. The van der Waals surface area contributed by atoms with E-state index in [1.54, 1.807) is 0 Å². The van der Waals surface area contributed by atoms with E-state index in [9.17, 15) is 4.21 Å². The fourth-order valence-corrected chi connectivity index (χ4v) is 4.32. The van der Waals surface area contributed by atoms with Gasteiger partial charge >= 0.3 is 0 Å². The van der Waals surface area contributed by atoms with Gasteiger partial charge in [-0.15, -0.1) is 0 Å². The van der Waals surface area contributed by atoms with E-state index < -0.39 is 10.8 Å². The Morgan fingerprint density at radius 2 is 2.11 bits per heavy atom. The Morgan fingerprint density at radius 1 is 1.28 bits per heavy atom. The Hall–Kier alpha value is -0.740. The maximum absolute atomic E-state index is 11.4. The van der Waals surface area contributed by atoms with Crippen molar-refractivity contribution in [3.05, 3.63) is 29.6 Å². The number of nitrogens with zero attached hydrogens (tertiary/aromatic N) is 1. The minimum atomic E-state index is -0.568. The molecule has 1 aromatic heterocycles. The zero-order valence-corrected chi connectivity index (χ0v) is 11.4. The molecule has 3 rings (SSSR count). The molecule has 1 aliphatic heterocycles. The van der Waals surface area contributed by atoms with Gasteiger partial charge in [0, 0.05) is 40.6 Å². The first-order valence-corrected chi connectivity index (χ1v) is 8.36. The van der Waals surface area contributed by atoms with Crippen LogP contribution in [0.3, 0.4) is 0 Å². The first kappa shape index (κ1) is 12.3. The van der Waals surface area contributed by atoms with E-state index in [1.807, 2.05) is 12.3 Å². The van der Waals surface area contributed by atoms with Gasteiger partial charge in [-0.05, 0) is 43.7 Å². The van der Waals surface area contributed by atoms with Crippen molar-refractivity contribution < 1.29 is 4.21 Å². The SMILES string of the molecule is O=S1CCC(NC2CCCc3cccnc32)CC1. The molecule has 0 radical (unpaired) electrons. The highest BCUT2D eigenvalue weighted by Crippen LogP contribution is 2.29. The third-order valence-corrected chi connectivity index (χ3v) is 5.40. The zero-order chi connectivity index (χ0) is 12.4. The molecule has 0 aromatic carbocycles. The van der Waals surface area contributed by atoms with Gasteiger partial charge in [-0.3, -0.25) is 9.19 Å². The molecule has 1 unspecified atom stereocenters. The molecule has 2 aliphatic rings. The van der Waals surface area contributed by atoms with Crippen LogP contribution in [0.5, 0.6) is 0 Å². The predicted octanol–water partition coefficient (Wildman–Crippen LogP) is 1.96. The van der Waals surface area contributed by atoms with Crippen LogP contribution in [-0.4, -0.2) is 26.7 Å². The Balaban J connectivity index is 1.69. The van der Waals surface area contributed by atoms with Gasteiger partial charge in [0.05, 0.1) is 5.69 Å². The van der Waals surface area contributed by atoms with Crippen LogP contribution in [0, 0.1) is 0 Å². The average Bonchev–Trinajstić information content (AvgIpc) is 2.42. The van der Waals surface area contributed by atoms with E-state index in [-0.39, 0.29) is 0 Å². The smallest absolute Gasteiger partial charge is 0.0605 e. The van der Waals surface area contributed by atoms with Crippen molar-refractivity contribution in [3.63, 3.8) is 0 Å². The van der Waals surface area contributed by atoms with E-state index in [4.69, 9.17) is 0 Å². The molecule has 1 atom stereocenters. The van der Waals surface area contributed by atoms with Gasteiger partial charge in [0.15, 0.2) is 0 Å². The highest BCUT2D eigenvalue weighted by atomic mass is 32.2. The van der Waals surface area contributed by atoms with Gasteiger partial charge < -0.3 is 5.32 Å².